The lowest BCUT2D eigenvalue weighted by Crippen LogP contribution is -2.49. The van der Waals surface area contributed by atoms with Gasteiger partial charge in [0.15, 0.2) is 0 Å². The molecule has 7 nitrogen and oxygen atoms in total. The molecule has 0 spiro atoms. The predicted molar refractivity (Wildman–Crippen MR) is 151 cm³/mol. The summed E-state index contributed by atoms with van der Waals surface area (Å²) in [4.78, 5) is 28.2. The average molecular weight is 530 g/mol. The van der Waals surface area contributed by atoms with Crippen molar-refractivity contribution in [2.24, 2.45) is 0 Å². The fourth-order valence-electron chi connectivity index (χ4n) is 4.32. The zero-order chi connectivity index (χ0) is 27.6. The molecule has 0 saturated carbocycles. The Labute approximate surface area is 223 Å². The molecular formula is C29H43N3O4S. The van der Waals surface area contributed by atoms with Crippen LogP contribution in [0.5, 0.6) is 0 Å². The highest BCUT2D eigenvalue weighted by atomic mass is 32.2. The van der Waals surface area contributed by atoms with Gasteiger partial charge in [0, 0.05) is 26.1 Å². The molecule has 1 N–H and O–H groups in total. The minimum atomic E-state index is -3.52. The molecule has 0 aliphatic heterocycles. The molecule has 204 valence electrons. The maximum atomic E-state index is 13.5. The number of unbranched alkanes of at least 4 members (excludes halogenated alkanes) is 1. The first-order valence-electron chi connectivity index (χ1n) is 13.2. The number of sulfonamides is 1. The summed E-state index contributed by atoms with van der Waals surface area (Å²) >= 11 is 0. The summed E-state index contributed by atoms with van der Waals surface area (Å²) < 4.78 is 26.5. The molecule has 2 rings (SSSR count). The standard InChI is InChI=1S/C29H43N3O4S/c1-7-9-17-30-29(34)27(8-2)31(21-25-13-10-12-22(3)19-25)28(33)14-11-18-32(37(6,35)36)26-16-15-23(4)24(5)20-26/h10,12-13,15-16,19-20,27H,7-9,11,14,17-18,21H2,1-6H3,(H,30,34). The van der Waals surface area contributed by atoms with Crippen LogP contribution in [0.3, 0.4) is 0 Å². The van der Waals surface area contributed by atoms with Crippen molar-refractivity contribution in [1.82, 2.24) is 10.2 Å². The quantitative estimate of drug-likeness (QED) is 0.353. The molecule has 1 unspecified atom stereocenters. The van der Waals surface area contributed by atoms with Gasteiger partial charge < -0.3 is 10.2 Å². The summed E-state index contributed by atoms with van der Waals surface area (Å²) in [5.41, 5.74) is 4.73. The van der Waals surface area contributed by atoms with Crippen LogP contribution < -0.4 is 9.62 Å². The minimum absolute atomic E-state index is 0.140. The van der Waals surface area contributed by atoms with Crippen molar-refractivity contribution in [2.75, 3.05) is 23.7 Å². The van der Waals surface area contributed by atoms with Gasteiger partial charge in [0.05, 0.1) is 11.9 Å². The third kappa shape index (κ3) is 9.18. The largest absolute Gasteiger partial charge is 0.354 e. The number of hydrogen-bond acceptors (Lipinski definition) is 4. The molecule has 37 heavy (non-hydrogen) atoms. The Balaban J connectivity index is 2.21. The van der Waals surface area contributed by atoms with E-state index in [2.05, 4.69) is 12.2 Å². The van der Waals surface area contributed by atoms with E-state index in [1.165, 1.54) is 10.6 Å². The topological polar surface area (TPSA) is 86.8 Å². The first-order chi connectivity index (χ1) is 17.5. The average Bonchev–Trinajstić information content (AvgIpc) is 2.83. The molecule has 1 atom stereocenters. The molecule has 0 bridgehead atoms. The van der Waals surface area contributed by atoms with Crippen molar-refractivity contribution in [2.45, 2.75) is 79.3 Å². The number of nitrogens with zero attached hydrogens (tertiary/aromatic N) is 2. The number of rotatable bonds is 14. The summed E-state index contributed by atoms with van der Waals surface area (Å²) in [6.07, 6.45) is 4.02. The first kappa shape index (κ1) is 30.4. The molecule has 0 saturated heterocycles. The zero-order valence-electron chi connectivity index (χ0n) is 23.2. The molecule has 0 aliphatic rings. The lowest BCUT2D eigenvalue weighted by molar-refractivity contribution is -0.141. The maximum absolute atomic E-state index is 13.5. The van der Waals surface area contributed by atoms with Crippen LogP contribution in [0, 0.1) is 20.8 Å². The fraction of sp³-hybridized carbons (Fsp3) is 0.517. The van der Waals surface area contributed by atoms with Gasteiger partial charge in [-0.25, -0.2) is 8.42 Å². The Morgan fingerprint density at radius 1 is 0.973 bits per heavy atom. The van der Waals surface area contributed by atoms with Gasteiger partial charge in [-0.3, -0.25) is 13.9 Å². The van der Waals surface area contributed by atoms with Gasteiger partial charge in [-0.1, -0.05) is 56.2 Å². The number of nitrogens with one attached hydrogen (secondary N) is 1. The molecule has 2 aromatic carbocycles. The number of benzene rings is 2. The van der Waals surface area contributed by atoms with E-state index in [0.29, 0.717) is 31.6 Å². The second-order valence-corrected chi connectivity index (χ2v) is 11.7. The number of aryl methyl sites for hydroxylation is 3. The van der Waals surface area contributed by atoms with Crippen molar-refractivity contribution in [3.63, 3.8) is 0 Å². The molecule has 0 heterocycles. The van der Waals surface area contributed by atoms with Gasteiger partial charge in [-0.2, -0.15) is 0 Å². The molecule has 2 aromatic rings. The highest BCUT2D eigenvalue weighted by Gasteiger charge is 2.28. The van der Waals surface area contributed by atoms with E-state index >= 15 is 0 Å². The van der Waals surface area contributed by atoms with Crippen LogP contribution in [-0.2, 0) is 26.2 Å². The second-order valence-electron chi connectivity index (χ2n) is 9.79. The lowest BCUT2D eigenvalue weighted by Gasteiger charge is -2.31. The van der Waals surface area contributed by atoms with E-state index in [-0.39, 0.29) is 24.8 Å². The van der Waals surface area contributed by atoms with Gasteiger partial charge in [0.25, 0.3) is 0 Å². The molecule has 0 fully saturated rings. The van der Waals surface area contributed by atoms with E-state index in [9.17, 15) is 18.0 Å². The summed E-state index contributed by atoms with van der Waals surface area (Å²) in [5.74, 6) is -0.308. The maximum Gasteiger partial charge on any atom is 0.242 e. The Morgan fingerprint density at radius 2 is 1.70 bits per heavy atom. The second kappa shape index (κ2) is 14.2. The highest BCUT2D eigenvalue weighted by molar-refractivity contribution is 7.92. The minimum Gasteiger partial charge on any atom is -0.354 e. The van der Waals surface area contributed by atoms with E-state index in [0.717, 1.165) is 35.1 Å². The molecule has 0 aromatic heterocycles. The van der Waals surface area contributed by atoms with E-state index in [1.807, 2.05) is 64.1 Å². The summed E-state index contributed by atoms with van der Waals surface area (Å²) in [5, 5.41) is 2.97. The van der Waals surface area contributed by atoms with Gasteiger partial charge in [-0.05, 0) is 68.9 Å². The van der Waals surface area contributed by atoms with Crippen molar-refractivity contribution in [3.05, 3.63) is 64.7 Å². The molecule has 2 amide bonds. The highest BCUT2D eigenvalue weighted by Crippen LogP contribution is 2.22. The lowest BCUT2D eigenvalue weighted by atomic mass is 10.1. The summed E-state index contributed by atoms with van der Waals surface area (Å²) in [7, 11) is -3.52. The Kier molecular flexibility index (Phi) is 11.6. The van der Waals surface area contributed by atoms with Gasteiger partial charge in [-0.15, -0.1) is 0 Å². The van der Waals surface area contributed by atoms with Gasteiger partial charge in [0.2, 0.25) is 21.8 Å². The molecular weight excluding hydrogens is 486 g/mol. The van der Waals surface area contributed by atoms with Gasteiger partial charge >= 0.3 is 0 Å². The summed E-state index contributed by atoms with van der Waals surface area (Å²) in [6.45, 7) is 11.0. The third-order valence-electron chi connectivity index (χ3n) is 6.58. The van der Waals surface area contributed by atoms with E-state index < -0.39 is 16.1 Å². The molecule has 0 aliphatic carbocycles. The van der Waals surface area contributed by atoms with Gasteiger partial charge in [0.1, 0.15) is 6.04 Å². The van der Waals surface area contributed by atoms with Crippen LogP contribution in [0.4, 0.5) is 5.69 Å². The van der Waals surface area contributed by atoms with Crippen molar-refractivity contribution < 1.29 is 18.0 Å². The van der Waals surface area contributed by atoms with Crippen LogP contribution in [0.1, 0.15) is 68.2 Å². The number of amides is 2. The Morgan fingerprint density at radius 3 is 2.30 bits per heavy atom. The van der Waals surface area contributed by atoms with E-state index in [1.54, 1.807) is 11.0 Å². The molecule has 8 heteroatoms. The van der Waals surface area contributed by atoms with Crippen LogP contribution in [0.2, 0.25) is 0 Å². The smallest absolute Gasteiger partial charge is 0.242 e. The number of anilines is 1. The molecule has 0 radical (unpaired) electrons. The number of hydrogen-bond donors (Lipinski definition) is 1. The van der Waals surface area contributed by atoms with E-state index in [4.69, 9.17) is 0 Å². The van der Waals surface area contributed by atoms with Crippen molar-refractivity contribution >= 4 is 27.5 Å². The number of carbonyl (C=O) groups excluding carboxylic acids is 2. The monoisotopic (exact) mass is 529 g/mol. The number of carbonyl (C=O) groups is 2. The Hall–Kier alpha value is -2.87. The Bertz CT molecular complexity index is 1160. The summed E-state index contributed by atoms with van der Waals surface area (Å²) in [6, 6.07) is 12.9. The van der Waals surface area contributed by atoms with Crippen LogP contribution in [-0.4, -0.2) is 50.5 Å². The van der Waals surface area contributed by atoms with Crippen molar-refractivity contribution in [3.8, 4) is 0 Å². The van der Waals surface area contributed by atoms with Crippen molar-refractivity contribution in [1.29, 1.82) is 0 Å². The zero-order valence-corrected chi connectivity index (χ0v) is 24.0. The SMILES string of the molecule is CCCCNC(=O)C(CC)N(Cc1cccc(C)c1)C(=O)CCCN(c1ccc(C)c(C)c1)S(C)(=O)=O. The first-order valence-corrected chi connectivity index (χ1v) is 15.0. The predicted octanol–water partition coefficient (Wildman–Crippen LogP) is 4.88. The van der Waals surface area contributed by atoms with Crippen LogP contribution in [0.25, 0.3) is 0 Å². The fourth-order valence-corrected chi connectivity index (χ4v) is 5.27. The normalized spacial score (nSPS) is 12.2. The van der Waals surface area contributed by atoms with Crippen LogP contribution >= 0.6 is 0 Å². The third-order valence-corrected chi connectivity index (χ3v) is 7.78. The van der Waals surface area contributed by atoms with Crippen LogP contribution in [0.15, 0.2) is 42.5 Å².